The van der Waals surface area contributed by atoms with Gasteiger partial charge in [-0.05, 0) is 58.5 Å². The average molecular weight is 519 g/mol. The maximum absolute atomic E-state index is 12.2. The zero-order chi connectivity index (χ0) is 22.7. The number of aromatic nitrogens is 4. The summed E-state index contributed by atoms with van der Waals surface area (Å²) in [5.41, 5.74) is 2.60. The maximum Gasteiger partial charge on any atom is 0.225 e. The molecule has 2 aliphatic rings. The van der Waals surface area contributed by atoms with Crippen molar-refractivity contribution in [3.05, 3.63) is 40.1 Å². The van der Waals surface area contributed by atoms with Crippen LogP contribution < -0.4 is 10.6 Å². The van der Waals surface area contributed by atoms with Gasteiger partial charge in [0.05, 0.1) is 22.6 Å². The van der Waals surface area contributed by atoms with Gasteiger partial charge in [-0.15, -0.1) is 0 Å². The highest BCUT2D eigenvalue weighted by atomic mass is 79.9. The van der Waals surface area contributed by atoms with E-state index in [2.05, 4.69) is 36.6 Å². The number of anilines is 1. The molecule has 1 aromatic carbocycles. The van der Waals surface area contributed by atoms with Gasteiger partial charge in [0.1, 0.15) is 4.60 Å². The van der Waals surface area contributed by atoms with E-state index in [1.54, 1.807) is 17.9 Å². The van der Waals surface area contributed by atoms with E-state index in [0.29, 0.717) is 22.6 Å². The molecule has 5 rings (SSSR count). The number of sulfone groups is 1. The van der Waals surface area contributed by atoms with Crippen LogP contribution in [0.15, 0.2) is 29.0 Å². The lowest BCUT2D eigenvalue weighted by atomic mass is 9.87. The zero-order valence-corrected chi connectivity index (χ0v) is 20.1. The van der Waals surface area contributed by atoms with Gasteiger partial charge in [0, 0.05) is 24.7 Å². The zero-order valence-electron chi connectivity index (χ0n) is 17.7. The lowest BCUT2D eigenvalue weighted by Gasteiger charge is -2.22. The van der Waals surface area contributed by atoms with Crippen molar-refractivity contribution in [2.45, 2.75) is 43.7 Å². The molecule has 0 radical (unpaired) electrons. The molecule has 1 aliphatic heterocycles. The predicted molar refractivity (Wildman–Crippen MR) is 124 cm³/mol. The number of halogens is 1. The third-order valence-corrected chi connectivity index (χ3v) is 8.50. The van der Waals surface area contributed by atoms with Gasteiger partial charge in [0.25, 0.3) is 0 Å². The molecule has 1 fully saturated rings. The molecule has 168 valence electrons. The van der Waals surface area contributed by atoms with Crippen LogP contribution in [0, 0.1) is 5.41 Å². The minimum absolute atomic E-state index is 0.0458. The standard InChI is InChI=1S/C21H23BrN6O3S/c1-21(19(29)23-2)6-5-14(8-21)25-20-24-9-16-17(22)27-28(18(16)26-20)15-4-3-12-10-32(30,31)11-13(12)7-15/h3-4,7,9,14H,5-6,8,10-11H2,1-2H3,(H,23,29)(H,24,25,26)/t14-,21-/m1/s1. The number of nitrogens with zero attached hydrogens (tertiary/aromatic N) is 4. The Morgan fingerprint density at radius 1 is 1.28 bits per heavy atom. The first-order valence-electron chi connectivity index (χ1n) is 10.4. The first-order chi connectivity index (χ1) is 15.2. The summed E-state index contributed by atoms with van der Waals surface area (Å²) in [5.74, 6) is 0.655. The Morgan fingerprint density at radius 3 is 2.84 bits per heavy atom. The normalized spacial score (nSPS) is 23.9. The molecule has 3 heterocycles. The van der Waals surface area contributed by atoms with Crippen molar-refractivity contribution in [2.75, 3.05) is 12.4 Å². The van der Waals surface area contributed by atoms with E-state index in [4.69, 9.17) is 4.98 Å². The summed E-state index contributed by atoms with van der Waals surface area (Å²) in [5, 5.41) is 11.4. The Balaban J connectivity index is 1.46. The Morgan fingerprint density at radius 2 is 2.06 bits per heavy atom. The van der Waals surface area contributed by atoms with E-state index < -0.39 is 15.3 Å². The number of rotatable bonds is 4. The van der Waals surface area contributed by atoms with Gasteiger partial charge in [-0.3, -0.25) is 4.79 Å². The summed E-state index contributed by atoms with van der Waals surface area (Å²) in [6, 6.07) is 5.66. The molecule has 0 bridgehead atoms. The highest BCUT2D eigenvalue weighted by Crippen LogP contribution is 2.39. The van der Waals surface area contributed by atoms with E-state index in [1.807, 2.05) is 25.1 Å². The molecular weight excluding hydrogens is 496 g/mol. The summed E-state index contributed by atoms with van der Waals surface area (Å²) in [7, 11) is -1.42. The molecule has 1 aliphatic carbocycles. The second-order valence-corrected chi connectivity index (χ2v) is 11.7. The van der Waals surface area contributed by atoms with Crippen LogP contribution in [-0.2, 0) is 26.1 Å². The van der Waals surface area contributed by atoms with Crippen LogP contribution >= 0.6 is 15.9 Å². The fraction of sp³-hybridized carbons (Fsp3) is 0.429. The molecule has 0 spiro atoms. The Labute approximate surface area is 194 Å². The van der Waals surface area contributed by atoms with E-state index in [1.165, 1.54) is 0 Å². The monoisotopic (exact) mass is 518 g/mol. The van der Waals surface area contributed by atoms with Gasteiger partial charge in [0.15, 0.2) is 15.5 Å². The predicted octanol–water partition coefficient (Wildman–Crippen LogP) is 2.72. The molecule has 0 unspecified atom stereocenters. The number of hydrogen-bond donors (Lipinski definition) is 2. The third kappa shape index (κ3) is 3.66. The first-order valence-corrected chi connectivity index (χ1v) is 13.0. The quantitative estimate of drug-likeness (QED) is 0.544. The van der Waals surface area contributed by atoms with Crippen molar-refractivity contribution < 1.29 is 13.2 Å². The van der Waals surface area contributed by atoms with Crippen molar-refractivity contribution in [1.82, 2.24) is 25.1 Å². The van der Waals surface area contributed by atoms with Crippen molar-refractivity contribution in [3.63, 3.8) is 0 Å². The minimum atomic E-state index is -3.08. The van der Waals surface area contributed by atoms with Gasteiger partial charge < -0.3 is 10.6 Å². The van der Waals surface area contributed by atoms with Crippen LogP contribution in [0.2, 0.25) is 0 Å². The van der Waals surface area contributed by atoms with Gasteiger partial charge in [0.2, 0.25) is 11.9 Å². The van der Waals surface area contributed by atoms with Crippen LogP contribution in [0.3, 0.4) is 0 Å². The maximum atomic E-state index is 12.2. The number of nitrogens with one attached hydrogen (secondary N) is 2. The number of carbonyl (C=O) groups excluding carboxylic acids is 1. The molecule has 2 N–H and O–H groups in total. The van der Waals surface area contributed by atoms with E-state index >= 15 is 0 Å². The minimum Gasteiger partial charge on any atom is -0.359 e. The molecule has 1 saturated carbocycles. The van der Waals surface area contributed by atoms with E-state index in [-0.39, 0.29) is 23.5 Å². The molecule has 9 nitrogen and oxygen atoms in total. The van der Waals surface area contributed by atoms with Crippen LogP contribution in [0.25, 0.3) is 16.7 Å². The molecule has 0 saturated heterocycles. The molecule has 11 heteroatoms. The Bertz CT molecular complexity index is 1360. The lowest BCUT2D eigenvalue weighted by Crippen LogP contribution is -2.35. The van der Waals surface area contributed by atoms with Gasteiger partial charge in [-0.25, -0.2) is 18.1 Å². The fourth-order valence-electron chi connectivity index (χ4n) is 4.72. The summed E-state index contributed by atoms with van der Waals surface area (Å²) in [4.78, 5) is 21.4. The Hall–Kier alpha value is -2.53. The second-order valence-electron chi connectivity index (χ2n) is 8.84. The van der Waals surface area contributed by atoms with Crippen LogP contribution in [-0.4, -0.2) is 47.2 Å². The number of hydrogen-bond acceptors (Lipinski definition) is 7. The number of fused-ring (bicyclic) bond motifs is 2. The first kappa shape index (κ1) is 21.3. The average Bonchev–Trinajstić information content (AvgIpc) is 3.39. The van der Waals surface area contributed by atoms with Gasteiger partial charge >= 0.3 is 0 Å². The molecule has 1 amide bonds. The van der Waals surface area contributed by atoms with E-state index in [0.717, 1.165) is 35.0 Å². The SMILES string of the molecule is CNC(=O)[C@]1(C)CC[C@@H](Nc2ncc3c(Br)nn(-c4ccc5c(c4)CS(=O)(=O)C5)c3n2)C1. The molecule has 3 aromatic rings. The summed E-state index contributed by atoms with van der Waals surface area (Å²) in [6.07, 6.45) is 4.07. The van der Waals surface area contributed by atoms with Crippen molar-refractivity contribution in [2.24, 2.45) is 5.41 Å². The highest BCUT2D eigenvalue weighted by molar-refractivity contribution is 9.10. The number of benzene rings is 1. The largest absolute Gasteiger partial charge is 0.359 e. The molecule has 32 heavy (non-hydrogen) atoms. The molecule has 2 aromatic heterocycles. The number of amides is 1. The number of carbonyl (C=O) groups is 1. The summed E-state index contributed by atoms with van der Waals surface area (Å²) in [6.45, 7) is 1.98. The molecular formula is C21H23BrN6O3S. The van der Waals surface area contributed by atoms with Crippen LogP contribution in [0.5, 0.6) is 0 Å². The second kappa shape index (κ2) is 7.51. The summed E-state index contributed by atoms with van der Waals surface area (Å²) >= 11 is 3.47. The van der Waals surface area contributed by atoms with Crippen molar-refractivity contribution in [1.29, 1.82) is 0 Å². The van der Waals surface area contributed by atoms with Crippen LogP contribution in [0.1, 0.15) is 37.3 Å². The van der Waals surface area contributed by atoms with E-state index in [9.17, 15) is 13.2 Å². The topological polar surface area (TPSA) is 119 Å². The van der Waals surface area contributed by atoms with Gasteiger partial charge in [-0.1, -0.05) is 13.0 Å². The van der Waals surface area contributed by atoms with Crippen LogP contribution in [0.4, 0.5) is 5.95 Å². The van der Waals surface area contributed by atoms with Crippen molar-refractivity contribution in [3.8, 4) is 5.69 Å². The third-order valence-electron chi connectivity index (χ3n) is 6.41. The molecule has 2 atom stereocenters. The smallest absolute Gasteiger partial charge is 0.225 e. The fourth-order valence-corrected chi connectivity index (χ4v) is 6.76. The van der Waals surface area contributed by atoms with Crippen molar-refractivity contribution >= 4 is 48.7 Å². The lowest BCUT2D eigenvalue weighted by molar-refractivity contribution is -0.129. The summed E-state index contributed by atoms with van der Waals surface area (Å²) < 4.78 is 26.3. The Kier molecular flexibility index (Phi) is 5.01. The van der Waals surface area contributed by atoms with Gasteiger partial charge in [-0.2, -0.15) is 10.1 Å². The highest BCUT2D eigenvalue weighted by Gasteiger charge is 2.41.